The van der Waals surface area contributed by atoms with Crippen molar-refractivity contribution in [2.75, 3.05) is 0 Å². The number of carbonyl (C=O) groups excluding carboxylic acids is 1. The van der Waals surface area contributed by atoms with Gasteiger partial charge in [0.05, 0.1) is 17.8 Å². The van der Waals surface area contributed by atoms with E-state index in [4.69, 9.17) is 0 Å². The Morgan fingerprint density at radius 1 is 1.17 bits per heavy atom. The van der Waals surface area contributed by atoms with Gasteiger partial charge in [0.2, 0.25) is 5.91 Å². The first kappa shape index (κ1) is 18.1. The van der Waals surface area contributed by atoms with Crippen molar-refractivity contribution in [3.63, 3.8) is 0 Å². The van der Waals surface area contributed by atoms with Crippen molar-refractivity contribution in [1.29, 1.82) is 0 Å². The number of aromatic nitrogens is 2. The minimum absolute atomic E-state index is 0.0171. The van der Waals surface area contributed by atoms with Crippen LogP contribution in [-0.4, -0.2) is 26.4 Å². The van der Waals surface area contributed by atoms with Crippen LogP contribution in [0.3, 0.4) is 0 Å². The highest BCUT2D eigenvalue weighted by Crippen LogP contribution is 2.36. The molecule has 1 aliphatic carbocycles. The molecule has 0 radical (unpaired) electrons. The quantitative estimate of drug-likeness (QED) is 0.497. The van der Waals surface area contributed by atoms with Gasteiger partial charge >= 0.3 is 0 Å². The molecule has 0 N–H and O–H groups in total. The van der Waals surface area contributed by atoms with Crippen molar-refractivity contribution in [3.8, 4) is 0 Å². The number of carbonyl (C=O) groups is 1. The van der Waals surface area contributed by atoms with Gasteiger partial charge in [0.15, 0.2) is 0 Å². The number of fused-ring (bicyclic) bond motifs is 2. The third kappa shape index (κ3) is 3.23. The molecule has 2 aromatic heterocycles. The third-order valence-electron chi connectivity index (χ3n) is 5.67. The minimum atomic E-state index is -0.154. The number of hydrogen-bond acceptors (Lipinski definition) is 4. The van der Waals surface area contributed by atoms with E-state index in [1.807, 2.05) is 28.5 Å². The predicted molar refractivity (Wildman–Crippen MR) is 116 cm³/mol. The molecule has 1 saturated carbocycles. The molecule has 1 atom stereocenters. The van der Waals surface area contributed by atoms with E-state index in [1.54, 1.807) is 6.07 Å². The van der Waals surface area contributed by atoms with Gasteiger partial charge in [0.1, 0.15) is 11.4 Å². The van der Waals surface area contributed by atoms with Crippen LogP contribution in [0.2, 0.25) is 0 Å². The third-order valence-corrected chi connectivity index (χ3v) is 6.50. The normalized spacial score (nSPS) is 14.9. The topological polar surface area (TPSA) is 55.2 Å². The van der Waals surface area contributed by atoms with E-state index in [1.165, 1.54) is 33.0 Å². The summed E-state index contributed by atoms with van der Waals surface area (Å²) in [5, 5.41) is 4.76. The Morgan fingerprint density at radius 3 is 2.79 bits per heavy atom. The molecule has 0 spiro atoms. The highest BCUT2D eigenvalue weighted by molar-refractivity contribution is 7.16. The van der Waals surface area contributed by atoms with E-state index in [0.717, 1.165) is 18.4 Å². The summed E-state index contributed by atoms with van der Waals surface area (Å²) in [6, 6.07) is 16.4. The molecule has 146 valence electrons. The summed E-state index contributed by atoms with van der Waals surface area (Å²) >= 11 is 1.43. The lowest BCUT2D eigenvalue weighted by atomic mass is 9.98. The lowest BCUT2D eigenvalue weighted by molar-refractivity contribution is -0.134. The van der Waals surface area contributed by atoms with Gasteiger partial charge in [-0.1, -0.05) is 42.5 Å². The van der Waals surface area contributed by atoms with Crippen LogP contribution in [-0.2, 0) is 11.3 Å². The Morgan fingerprint density at radius 2 is 1.97 bits per heavy atom. The van der Waals surface area contributed by atoms with E-state index >= 15 is 0 Å². The van der Waals surface area contributed by atoms with Crippen LogP contribution in [0.15, 0.2) is 65.0 Å². The number of rotatable bonds is 5. The number of thiophene rings is 1. The van der Waals surface area contributed by atoms with Gasteiger partial charge < -0.3 is 4.90 Å². The van der Waals surface area contributed by atoms with Gasteiger partial charge in [-0.05, 0) is 47.5 Å². The second kappa shape index (κ2) is 7.12. The van der Waals surface area contributed by atoms with Crippen molar-refractivity contribution in [2.45, 2.75) is 38.4 Å². The Kier molecular flexibility index (Phi) is 4.43. The molecule has 0 saturated heterocycles. The van der Waals surface area contributed by atoms with Crippen LogP contribution < -0.4 is 5.56 Å². The fourth-order valence-electron chi connectivity index (χ4n) is 4.09. The SMILES string of the molecule is C[C@H](c1cccc2ccccc12)N(C(=O)Cn1cnc2sccc2c1=O)C1CC1. The maximum absolute atomic E-state index is 13.3. The first-order valence-electron chi connectivity index (χ1n) is 9.85. The van der Waals surface area contributed by atoms with Crippen molar-refractivity contribution < 1.29 is 4.79 Å². The molecular weight excluding hydrogens is 382 g/mol. The van der Waals surface area contributed by atoms with Gasteiger partial charge in [-0.15, -0.1) is 11.3 Å². The molecule has 1 fully saturated rings. The maximum Gasteiger partial charge on any atom is 0.262 e. The summed E-state index contributed by atoms with van der Waals surface area (Å²) in [5.74, 6) is -0.0357. The van der Waals surface area contributed by atoms with Crippen LogP contribution in [0.25, 0.3) is 21.0 Å². The molecule has 6 heteroatoms. The summed E-state index contributed by atoms with van der Waals surface area (Å²) in [5.41, 5.74) is 0.986. The Balaban J connectivity index is 1.48. The lowest BCUT2D eigenvalue weighted by Crippen LogP contribution is -2.39. The smallest absolute Gasteiger partial charge is 0.262 e. The van der Waals surface area contributed by atoms with Crippen LogP contribution in [0.4, 0.5) is 0 Å². The zero-order valence-corrected chi connectivity index (χ0v) is 16.9. The average molecular weight is 404 g/mol. The van der Waals surface area contributed by atoms with E-state index in [0.29, 0.717) is 10.2 Å². The van der Waals surface area contributed by atoms with Crippen molar-refractivity contribution in [1.82, 2.24) is 14.5 Å². The fourth-order valence-corrected chi connectivity index (χ4v) is 4.81. The highest BCUT2D eigenvalue weighted by Gasteiger charge is 2.36. The van der Waals surface area contributed by atoms with E-state index in [-0.39, 0.29) is 30.1 Å². The molecule has 1 aliphatic rings. The molecule has 0 aliphatic heterocycles. The van der Waals surface area contributed by atoms with E-state index < -0.39 is 0 Å². The molecule has 2 heterocycles. The second-order valence-electron chi connectivity index (χ2n) is 7.59. The van der Waals surface area contributed by atoms with Gasteiger partial charge in [-0.25, -0.2) is 4.98 Å². The van der Waals surface area contributed by atoms with Crippen molar-refractivity contribution >= 4 is 38.2 Å². The van der Waals surface area contributed by atoms with Crippen LogP contribution in [0.5, 0.6) is 0 Å². The monoisotopic (exact) mass is 403 g/mol. The molecule has 0 unspecified atom stereocenters. The maximum atomic E-state index is 13.3. The minimum Gasteiger partial charge on any atom is -0.331 e. The number of hydrogen-bond donors (Lipinski definition) is 0. The molecule has 0 bridgehead atoms. The van der Waals surface area contributed by atoms with Crippen LogP contribution >= 0.6 is 11.3 Å². The Hall–Kier alpha value is -2.99. The fraction of sp³-hybridized carbons (Fsp3) is 0.261. The van der Waals surface area contributed by atoms with Gasteiger partial charge in [-0.2, -0.15) is 0 Å². The first-order valence-corrected chi connectivity index (χ1v) is 10.7. The average Bonchev–Trinajstić information content (AvgIpc) is 3.44. The lowest BCUT2D eigenvalue weighted by Gasteiger charge is -2.31. The zero-order chi connectivity index (χ0) is 20.0. The Bertz CT molecular complexity index is 1270. The molecule has 5 rings (SSSR count). The summed E-state index contributed by atoms with van der Waals surface area (Å²) in [6.07, 6.45) is 3.52. The zero-order valence-electron chi connectivity index (χ0n) is 16.1. The molecule has 29 heavy (non-hydrogen) atoms. The summed E-state index contributed by atoms with van der Waals surface area (Å²) < 4.78 is 1.43. The number of nitrogens with zero attached hydrogens (tertiary/aromatic N) is 3. The molecule has 1 amide bonds. The molecule has 2 aromatic carbocycles. The van der Waals surface area contributed by atoms with Gasteiger partial charge in [-0.3, -0.25) is 14.2 Å². The molecule has 4 aromatic rings. The van der Waals surface area contributed by atoms with Crippen LogP contribution in [0, 0.1) is 0 Å². The van der Waals surface area contributed by atoms with Gasteiger partial charge in [0, 0.05) is 6.04 Å². The summed E-state index contributed by atoms with van der Waals surface area (Å²) in [4.78, 5) is 33.0. The largest absolute Gasteiger partial charge is 0.331 e. The second-order valence-corrected chi connectivity index (χ2v) is 8.49. The van der Waals surface area contributed by atoms with Gasteiger partial charge in [0.25, 0.3) is 5.56 Å². The van der Waals surface area contributed by atoms with Crippen molar-refractivity contribution in [2.24, 2.45) is 0 Å². The summed E-state index contributed by atoms with van der Waals surface area (Å²) in [7, 11) is 0. The van der Waals surface area contributed by atoms with Crippen molar-refractivity contribution in [3.05, 3.63) is 76.2 Å². The van der Waals surface area contributed by atoms with Crippen LogP contribution in [0.1, 0.15) is 31.4 Å². The number of amides is 1. The molecule has 5 nitrogen and oxygen atoms in total. The molecular formula is C23H21N3O2S. The number of benzene rings is 2. The standard InChI is InChI=1S/C23H21N3O2S/c1-15(18-8-4-6-16-5-2-3-7-19(16)18)26(17-9-10-17)21(27)13-25-14-24-22-20(23(25)28)11-12-29-22/h2-8,11-12,14-15,17H,9-10,13H2,1H3/t15-/m1/s1. The van der Waals surface area contributed by atoms with E-state index in [9.17, 15) is 9.59 Å². The first-order chi connectivity index (χ1) is 14.1. The Labute approximate surface area is 172 Å². The summed E-state index contributed by atoms with van der Waals surface area (Å²) in [6.45, 7) is 2.10. The highest BCUT2D eigenvalue weighted by atomic mass is 32.1. The van der Waals surface area contributed by atoms with E-state index in [2.05, 4.69) is 36.2 Å². The predicted octanol–water partition coefficient (Wildman–Crippen LogP) is 4.36.